The number of nitrogens with zero attached hydrogens (tertiary/aromatic N) is 2. The number of amides is 2. The van der Waals surface area contributed by atoms with Gasteiger partial charge in [0, 0.05) is 22.8 Å². The molecule has 32 heavy (non-hydrogen) atoms. The van der Waals surface area contributed by atoms with Gasteiger partial charge in [0.05, 0.1) is 18.5 Å². The highest BCUT2D eigenvalue weighted by atomic mass is 35.5. The van der Waals surface area contributed by atoms with Crippen molar-refractivity contribution in [2.45, 2.75) is 19.0 Å². The first-order chi connectivity index (χ1) is 15.6. The van der Waals surface area contributed by atoms with E-state index in [0.717, 1.165) is 35.3 Å². The fourth-order valence-electron chi connectivity index (χ4n) is 5.35. The Morgan fingerprint density at radius 1 is 0.938 bits per heavy atom. The number of hydrogen-bond donors (Lipinski definition) is 0. The highest BCUT2D eigenvalue weighted by Gasteiger charge is 2.51. The van der Waals surface area contributed by atoms with Gasteiger partial charge in [0.2, 0.25) is 5.91 Å². The van der Waals surface area contributed by atoms with Gasteiger partial charge in [-0.1, -0.05) is 72.3 Å². The van der Waals surface area contributed by atoms with Crippen LogP contribution in [0.4, 0.5) is 5.69 Å². The quantitative estimate of drug-likeness (QED) is 0.525. The Hall–Kier alpha value is -3.37. The topological polar surface area (TPSA) is 40.6 Å². The van der Waals surface area contributed by atoms with Crippen molar-refractivity contribution in [3.8, 4) is 0 Å². The normalized spacial score (nSPS) is 21.3. The lowest BCUT2D eigenvalue weighted by Gasteiger charge is -2.41. The summed E-state index contributed by atoms with van der Waals surface area (Å²) in [6.45, 7) is 1.06. The van der Waals surface area contributed by atoms with Gasteiger partial charge in [-0.2, -0.15) is 0 Å². The predicted molar refractivity (Wildman–Crippen MR) is 125 cm³/mol. The second-order valence-electron chi connectivity index (χ2n) is 8.58. The summed E-state index contributed by atoms with van der Waals surface area (Å²) in [5.41, 5.74) is 5.77. The molecule has 1 fully saturated rings. The number of benzene rings is 3. The van der Waals surface area contributed by atoms with E-state index in [-0.39, 0.29) is 24.4 Å². The molecule has 0 radical (unpaired) electrons. The molecule has 5 heteroatoms. The Morgan fingerprint density at radius 3 is 2.56 bits per heavy atom. The Bertz CT molecular complexity index is 1280. The van der Waals surface area contributed by atoms with Crippen LogP contribution in [-0.2, 0) is 22.6 Å². The maximum atomic E-state index is 13.8. The molecule has 0 N–H and O–H groups in total. The lowest BCUT2D eigenvalue weighted by Crippen LogP contribution is -2.42. The van der Waals surface area contributed by atoms with Crippen molar-refractivity contribution in [1.82, 2.24) is 4.90 Å². The highest BCUT2D eigenvalue weighted by Crippen LogP contribution is 2.49. The Balaban J connectivity index is 1.53. The lowest BCUT2D eigenvalue weighted by molar-refractivity contribution is -0.140. The molecule has 0 aliphatic carbocycles. The van der Waals surface area contributed by atoms with Gasteiger partial charge in [-0.05, 0) is 46.9 Å². The van der Waals surface area contributed by atoms with Crippen LogP contribution in [0.3, 0.4) is 0 Å². The molecule has 3 aromatic rings. The number of imide groups is 1. The predicted octanol–water partition coefficient (Wildman–Crippen LogP) is 5.03. The average Bonchev–Trinajstić information content (AvgIpc) is 2.95. The zero-order chi connectivity index (χ0) is 21.8. The third-order valence-electron chi connectivity index (χ3n) is 6.80. The van der Waals surface area contributed by atoms with Crippen molar-refractivity contribution in [3.63, 3.8) is 0 Å². The molecule has 4 nitrogen and oxygen atoms in total. The summed E-state index contributed by atoms with van der Waals surface area (Å²) in [7, 11) is 0. The molecule has 0 bridgehead atoms. The number of hydrogen-bond acceptors (Lipinski definition) is 3. The molecule has 0 saturated carbocycles. The number of carbonyl (C=O) groups excluding carboxylic acids is 2. The first-order valence-corrected chi connectivity index (χ1v) is 11.2. The zero-order valence-electron chi connectivity index (χ0n) is 17.4. The van der Waals surface area contributed by atoms with E-state index in [1.165, 1.54) is 10.5 Å². The number of anilines is 1. The molecule has 2 unspecified atom stereocenters. The Kier molecular flexibility index (Phi) is 4.44. The molecule has 0 aromatic heterocycles. The van der Waals surface area contributed by atoms with Crippen LogP contribution in [-0.4, -0.2) is 23.3 Å². The molecular formula is C27H21ClN2O2. The second kappa shape index (κ2) is 7.35. The van der Waals surface area contributed by atoms with Crippen molar-refractivity contribution >= 4 is 35.2 Å². The lowest BCUT2D eigenvalue weighted by atomic mass is 9.82. The Morgan fingerprint density at radius 2 is 1.72 bits per heavy atom. The molecule has 1 saturated heterocycles. The first-order valence-electron chi connectivity index (χ1n) is 10.9. The zero-order valence-corrected chi connectivity index (χ0v) is 18.1. The van der Waals surface area contributed by atoms with Gasteiger partial charge in [-0.25, -0.2) is 0 Å². The van der Waals surface area contributed by atoms with Crippen LogP contribution in [0.1, 0.15) is 28.3 Å². The van der Waals surface area contributed by atoms with Gasteiger partial charge in [-0.15, -0.1) is 0 Å². The van der Waals surface area contributed by atoms with Gasteiger partial charge in [0.1, 0.15) is 0 Å². The number of carbonyl (C=O) groups is 2. The summed E-state index contributed by atoms with van der Waals surface area (Å²) in [6, 6.07) is 23.5. The summed E-state index contributed by atoms with van der Waals surface area (Å²) in [4.78, 5) is 31.1. The van der Waals surface area contributed by atoms with E-state index in [2.05, 4.69) is 17.0 Å². The van der Waals surface area contributed by atoms with Crippen LogP contribution in [0, 0.1) is 5.92 Å². The maximum absolute atomic E-state index is 13.8. The largest absolute Gasteiger partial charge is 0.362 e. The summed E-state index contributed by atoms with van der Waals surface area (Å²) < 4.78 is 0. The van der Waals surface area contributed by atoms with Crippen molar-refractivity contribution in [3.05, 3.63) is 106 Å². The van der Waals surface area contributed by atoms with E-state index in [9.17, 15) is 9.59 Å². The van der Waals surface area contributed by atoms with E-state index in [4.69, 9.17) is 11.6 Å². The van der Waals surface area contributed by atoms with E-state index in [1.807, 2.05) is 66.7 Å². The van der Waals surface area contributed by atoms with Crippen LogP contribution >= 0.6 is 11.6 Å². The van der Waals surface area contributed by atoms with E-state index < -0.39 is 5.92 Å². The smallest absolute Gasteiger partial charge is 0.257 e. The highest BCUT2D eigenvalue weighted by molar-refractivity contribution is 6.31. The van der Waals surface area contributed by atoms with Crippen LogP contribution in [0.5, 0.6) is 0 Å². The fourth-order valence-corrected chi connectivity index (χ4v) is 5.51. The van der Waals surface area contributed by atoms with E-state index in [0.29, 0.717) is 10.6 Å². The Labute approximate surface area is 191 Å². The fraction of sp³-hybridized carbons (Fsp3) is 0.185. The van der Waals surface area contributed by atoms with Crippen LogP contribution < -0.4 is 4.90 Å². The number of likely N-dealkylation sites (tertiary alicyclic amines) is 1. The first kappa shape index (κ1) is 19.3. The third kappa shape index (κ3) is 2.90. The molecular weight excluding hydrogens is 420 g/mol. The van der Waals surface area contributed by atoms with Crippen LogP contribution in [0.2, 0.25) is 5.02 Å². The van der Waals surface area contributed by atoms with Gasteiger partial charge in [-0.3, -0.25) is 14.5 Å². The summed E-state index contributed by atoms with van der Waals surface area (Å²) >= 11 is 6.36. The van der Waals surface area contributed by atoms with Crippen LogP contribution in [0.25, 0.3) is 6.08 Å². The molecule has 6 rings (SSSR count). The number of rotatable bonds is 2. The molecule has 3 aliphatic heterocycles. The molecule has 2 atom stereocenters. The SMILES string of the molecule is O=C1C2=Cc3ccc(Cl)cc3N3CCc4ccccc4C3C2C(=O)N1Cc1ccccc1. The van der Waals surface area contributed by atoms with Gasteiger partial charge in [0.15, 0.2) is 0 Å². The monoisotopic (exact) mass is 440 g/mol. The molecule has 3 heterocycles. The minimum Gasteiger partial charge on any atom is -0.362 e. The number of fused-ring (bicyclic) bond motifs is 7. The number of halogens is 1. The molecule has 2 amide bonds. The van der Waals surface area contributed by atoms with Crippen molar-refractivity contribution in [2.75, 3.05) is 11.4 Å². The summed E-state index contributed by atoms with van der Waals surface area (Å²) in [6.07, 6.45) is 2.79. The standard InChI is InChI=1S/C27H21ClN2O2/c28-20-11-10-19-14-22-24(27(32)30(26(22)31)16-17-6-2-1-3-7-17)25-21-9-5-4-8-18(21)12-13-29(25)23(19)15-20/h1-11,14-15,24-25H,12-13,16H2. The molecule has 0 spiro atoms. The summed E-state index contributed by atoms with van der Waals surface area (Å²) in [5.74, 6) is -0.871. The van der Waals surface area contributed by atoms with Crippen molar-refractivity contribution in [2.24, 2.45) is 5.92 Å². The molecule has 3 aromatic carbocycles. The second-order valence-corrected chi connectivity index (χ2v) is 9.02. The van der Waals surface area contributed by atoms with Crippen molar-refractivity contribution in [1.29, 1.82) is 0 Å². The van der Waals surface area contributed by atoms with Crippen molar-refractivity contribution < 1.29 is 9.59 Å². The summed E-state index contributed by atoms with van der Waals surface area (Å²) in [5, 5.41) is 0.648. The maximum Gasteiger partial charge on any atom is 0.257 e. The van der Waals surface area contributed by atoms with E-state index >= 15 is 0 Å². The molecule has 158 valence electrons. The average molecular weight is 441 g/mol. The molecule has 3 aliphatic rings. The van der Waals surface area contributed by atoms with Gasteiger partial charge >= 0.3 is 0 Å². The minimum absolute atomic E-state index is 0.129. The third-order valence-corrected chi connectivity index (χ3v) is 7.04. The van der Waals surface area contributed by atoms with Crippen LogP contribution in [0.15, 0.2) is 78.4 Å². The minimum atomic E-state index is -0.543. The van der Waals surface area contributed by atoms with E-state index in [1.54, 1.807) is 0 Å². The van der Waals surface area contributed by atoms with Gasteiger partial charge in [0.25, 0.3) is 5.91 Å². The van der Waals surface area contributed by atoms with Gasteiger partial charge < -0.3 is 4.90 Å².